The Kier molecular flexibility index (Phi) is 5.96. The SMILES string of the molecule is CCOCC1CN(C(=O)c2cc3c(cc2C)[nH]c(=O)c2cnn(C4CCC(F)(CC)CC4)c23)C1. The molecule has 2 aromatic heterocycles. The van der Waals surface area contributed by atoms with Crippen LogP contribution in [0, 0.1) is 12.8 Å². The van der Waals surface area contributed by atoms with Gasteiger partial charge < -0.3 is 14.6 Å². The van der Waals surface area contributed by atoms with E-state index >= 15 is 0 Å². The minimum Gasteiger partial charge on any atom is -0.381 e. The summed E-state index contributed by atoms with van der Waals surface area (Å²) in [6.07, 6.45) is 4.48. The highest BCUT2D eigenvalue weighted by Gasteiger charge is 2.35. The number of benzene rings is 1. The number of hydrogen-bond donors (Lipinski definition) is 1. The molecule has 1 aliphatic carbocycles. The highest BCUT2D eigenvalue weighted by atomic mass is 19.1. The first-order valence-corrected chi connectivity index (χ1v) is 12.4. The van der Waals surface area contributed by atoms with Crippen molar-refractivity contribution in [3.8, 4) is 0 Å². The Hall–Kier alpha value is -2.74. The largest absolute Gasteiger partial charge is 0.381 e. The highest BCUT2D eigenvalue weighted by molar-refractivity contribution is 6.07. The molecule has 0 bridgehead atoms. The molecule has 1 N–H and O–H groups in total. The Morgan fingerprint density at radius 2 is 1.97 bits per heavy atom. The van der Waals surface area contributed by atoms with Gasteiger partial charge >= 0.3 is 0 Å². The zero-order chi connectivity index (χ0) is 24.0. The summed E-state index contributed by atoms with van der Waals surface area (Å²) in [5.74, 6) is 0.381. The van der Waals surface area contributed by atoms with E-state index < -0.39 is 5.67 Å². The summed E-state index contributed by atoms with van der Waals surface area (Å²) < 4.78 is 22.2. The van der Waals surface area contributed by atoms with Gasteiger partial charge in [-0.3, -0.25) is 14.3 Å². The molecule has 1 aliphatic heterocycles. The standard InChI is InChI=1S/C26H33FN4O3/c1-4-26(27)8-6-18(7-9-26)31-23-20-11-19(25(33)30-13-17(14-30)15-34-5-2)16(3)10-22(20)29-24(32)21(23)12-28-31/h10-12,17-18H,4-9,13-15H2,1-3H3,(H,29,32). The van der Waals surface area contributed by atoms with Gasteiger partial charge in [0.2, 0.25) is 0 Å². The first kappa shape index (κ1) is 23.0. The Labute approximate surface area is 198 Å². The fraction of sp³-hybridized carbons (Fsp3) is 0.577. The van der Waals surface area contributed by atoms with Crippen molar-refractivity contribution >= 4 is 27.7 Å². The molecular formula is C26H33FN4O3. The van der Waals surface area contributed by atoms with E-state index in [4.69, 9.17) is 4.74 Å². The number of ether oxygens (including phenoxy) is 1. The Morgan fingerprint density at radius 1 is 1.24 bits per heavy atom. The number of halogens is 1. The number of carbonyl (C=O) groups is 1. The quantitative estimate of drug-likeness (QED) is 0.577. The summed E-state index contributed by atoms with van der Waals surface area (Å²) in [5, 5.41) is 5.87. The maximum atomic E-state index is 14.8. The molecule has 0 atom stereocenters. The van der Waals surface area contributed by atoms with Gasteiger partial charge in [-0.15, -0.1) is 0 Å². The third-order valence-corrected chi connectivity index (χ3v) is 7.77. The molecule has 34 heavy (non-hydrogen) atoms. The van der Waals surface area contributed by atoms with Crippen molar-refractivity contribution in [1.82, 2.24) is 19.7 Å². The van der Waals surface area contributed by atoms with Crippen molar-refractivity contribution in [1.29, 1.82) is 0 Å². The molecule has 3 aromatic rings. The molecule has 0 spiro atoms. The summed E-state index contributed by atoms with van der Waals surface area (Å²) in [6, 6.07) is 3.81. The van der Waals surface area contributed by atoms with E-state index in [1.807, 2.05) is 42.5 Å². The van der Waals surface area contributed by atoms with Crippen LogP contribution in [0.15, 0.2) is 23.1 Å². The molecule has 5 rings (SSSR count). The molecular weight excluding hydrogens is 435 g/mol. The van der Waals surface area contributed by atoms with Crippen LogP contribution in [0.1, 0.15) is 67.9 Å². The van der Waals surface area contributed by atoms with Crippen LogP contribution in [-0.4, -0.2) is 57.5 Å². The molecule has 182 valence electrons. The Morgan fingerprint density at radius 3 is 2.65 bits per heavy atom. The maximum Gasteiger partial charge on any atom is 0.259 e. The zero-order valence-electron chi connectivity index (χ0n) is 20.2. The van der Waals surface area contributed by atoms with Gasteiger partial charge in [-0.25, -0.2) is 4.39 Å². The predicted octanol–water partition coefficient (Wildman–Crippen LogP) is 4.53. The van der Waals surface area contributed by atoms with Crippen LogP contribution in [0.25, 0.3) is 21.8 Å². The van der Waals surface area contributed by atoms with Crippen molar-refractivity contribution in [2.24, 2.45) is 5.92 Å². The van der Waals surface area contributed by atoms with Crippen molar-refractivity contribution < 1.29 is 13.9 Å². The Bertz CT molecular complexity index is 1280. The van der Waals surface area contributed by atoms with E-state index in [-0.39, 0.29) is 17.5 Å². The smallest absolute Gasteiger partial charge is 0.259 e. The second kappa shape index (κ2) is 8.80. The molecule has 3 heterocycles. The molecule has 0 unspecified atom stereocenters. The third kappa shape index (κ3) is 3.91. The number of nitrogens with one attached hydrogen (secondary N) is 1. The molecule has 8 heteroatoms. The second-order valence-electron chi connectivity index (χ2n) is 9.99. The molecule has 1 amide bonds. The number of rotatable bonds is 6. The van der Waals surface area contributed by atoms with Crippen LogP contribution in [0.3, 0.4) is 0 Å². The number of pyridine rings is 1. The summed E-state index contributed by atoms with van der Waals surface area (Å²) in [5.41, 5.74) is 1.59. The van der Waals surface area contributed by atoms with Crippen molar-refractivity contribution in [3.05, 3.63) is 39.8 Å². The molecule has 2 aliphatic rings. The molecule has 2 fully saturated rings. The normalized spacial score (nSPS) is 23.5. The lowest BCUT2D eigenvalue weighted by atomic mass is 9.82. The predicted molar refractivity (Wildman–Crippen MR) is 130 cm³/mol. The first-order valence-electron chi connectivity index (χ1n) is 12.4. The highest BCUT2D eigenvalue weighted by Crippen LogP contribution is 2.40. The summed E-state index contributed by atoms with van der Waals surface area (Å²) in [7, 11) is 0. The number of carbonyl (C=O) groups excluding carboxylic acids is 1. The van der Waals surface area contributed by atoms with Gasteiger partial charge in [0.1, 0.15) is 5.67 Å². The van der Waals surface area contributed by atoms with E-state index in [1.54, 1.807) is 6.20 Å². The second-order valence-corrected chi connectivity index (χ2v) is 9.99. The van der Waals surface area contributed by atoms with Crippen molar-refractivity contribution in [2.75, 3.05) is 26.3 Å². The van der Waals surface area contributed by atoms with E-state index in [2.05, 4.69) is 10.1 Å². The van der Waals surface area contributed by atoms with Crippen LogP contribution in [-0.2, 0) is 4.74 Å². The monoisotopic (exact) mass is 468 g/mol. The number of H-pyrrole nitrogens is 1. The van der Waals surface area contributed by atoms with Gasteiger partial charge in [0, 0.05) is 36.6 Å². The average molecular weight is 469 g/mol. The van der Waals surface area contributed by atoms with E-state index in [0.717, 1.165) is 16.5 Å². The minimum atomic E-state index is -1.10. The lowest BCUT2D eigenvalue weighted by molar-refractivity contribution is 0.0177. The zero-order valence-corrected chi connectivity index (χ0v) is 20.2. The number of likely N-dealkylation sites (tertiary alicyclic amines) is 1. The fourth-order valence-electron chi connectivity index (χ4n) is 5.52. The summed E-state index contributed by atoms with van der Waals surface area (Å²) in [4.78, 5) is 30.9. The minimum absolute atomic E-state index is 0.000360. The number of hydrogen-bond acceptors (Lipinski definition) is 4. The van der Waals surface area contributed by atoms with Gasteiger partial charge in [-0.1, -0.05) is 6.92 Å². The van der Waals surface area contributed by atoms with Crippen LogP contribution in [0.4, 0.5) is 4.39 Å². The maximum absolute atomic E-state index is 14.8. The number of aromatic amines is 1. The van der Waals surface area contributed by atoms with Crippen molar-refractivity contribution in [3.63, 3.8) is 0 Å². The summed E-state index contributed by atoms with van der Waals surface area (Å²) in [6.45, 7) is 8.52. The number of nitrogens with zero attached hydrogens (tertiary/aromatic N) is 3. The first-order chi connectivity index (χ1) is 16.3. The number of alkyl halides is 1. The average Bonchev–Trinajstić information content (AvgIpc) is 3.24. The molecule has 1 aromatic carbocycles. The lowest BCUT2D eigenvalue weighted by Crippen LogP contribution is -2.51. The fourth-order valence-corrected chi connectivity index (χ4v) is 5.52. The van der Waals surface area contributed by atoms with Crippen LogP contribution in [0.2, 0.25) is 0 Å². The van der Waals surface area contributed by atoms with Crippen molar-refractivity contribution in [2.45, 2.75) is 64.6 Å². The van der Waals surface area contributed by atoms with Gasteiger partial charge in [0.25, 0.3) is 11.5 Å². The van der Waals surface area contributed by atoms with Gasteiger partial charge in [0.05, 0.1) is 35.3 Å². The molecule has 1 saturated heterocycles. The van der Waals surface area contributed by atoms with E-state index in [0.29, 0.717) is 80.8 Å². The number of aryl methyl sites for hydroxylation is 1. The van der Waals surface area contributed by atoms with Crippen LogP contribution < -0.4 is 5.56 Å². The number of aromatic nitrogens is 3. The van der Waals surface area contributed by atoms with Crippen LogP contribution in [0.5, 0.6) is 0 Å². The lowest BCUT2D eigenvalue weighted by Gasteiger charge is -2.39. The summed E-state index contributed by atoms with van der Waals surface area (Å²) >= 11 is 0. The van der Waals surface area contributed by atoms with E-state index in [9.17, 15) is 14.0 Å². The number of fused-ring (bicyclic) bond motifs is 3. The molecule has 1 saturated carbocycles. The number of amides is 1. The van der Waals surface area contributed by atoms with Gasteiger partial charge in [0.15, 0.2) is 0 Å². The van der Waals surface area contributed by atoms with Gasteiger partial charge in [-0.05, 0) is 63.6 Å². The van der Waals surface area contributed by atoms with Crippen LogP contribution >= 0.6 is 0 Å². The van der Waals surface area contributed by atoms with E-state index in [1.165, 1.54) is 0 Å². The topological polar surface area (TPSA) is 80.2 Å². The Balaban J connectivity index is 1.51. The third-order valence-electron chi connectivity index (χ3n) is 7.77. The molecule has 7 nitrogen and oxygen atoms in total. The molecule has 0 radical (unpaired) electrons. The van der Waals surface area contributed by atoms with Gasteiger partial charge in [-0.2, -0.15) is 5.10 Å².